The molecule has 0 bridgehead atoms. The van der Waals surface area contributed by atoms with Gasteiger partial charge in [0.2, 0.25) is 0 Å². The highest BCUT2D eigenvalue weighted by Crippen LogP contribution is 2.05. The molecular weight excluding hydrogens is 160 g/mol. The number of rotatable bonds is 0. The van der Waals surface area contributed by atoms with E-state index in [1.54, 1.807) is 0 Å². The summed E-state index contributed by atoms with van der Waals surface area (Å²) >= 11 is 0. The minimum Gasteiger partial charge on any atom is -0.506 e. The van der Waals surface area contributed by atoms with E-state index in [0.29, 0.717) is 0 Å². The van der Waals surface area contributed by atoms with Crippen molar-refractivity contribution in [2.75, 3.05) is 0 Å². The van der Waals surface area contributed by atoms with Crippen LogP contribution in [0, 0.1) is 0 Å². The molecule has 1 aromatic carbocycles. The van der Waals surface area contributed by atoms with Gasteiger partial charge in [0.25, 0.3) is 0 Å². The summed E-state index contributed by atoms with van der Waals surface area (Å²) in [6.45, 7) is 0. The summed E-state index contributed by atoms with van der Waals surface area (Å²) in [6.07, 6.45) is 0. The van der Waals surface area contributed by atoms with Gasteiger partial charge < -0.3 is 10.2 Å². The van der Waals surface area contributed by atoms with Crippen molar-refractivity contribution in [3.8, 4) is 11.5 Å². The quantitative estimate of drug-likeness (QED) is 0.505. The van der Waals surface area contributed by atoms with Crippen molar-refractivity contribution in [1.82, 2.24) is 0 Å². The van der Waals surface area contributed by atoms with Crippen molar-refractivity contribution in [3.05, 3.63) is 22.8 Å². The molecule has 0 aliphatic carbocycles. The average molecular weight is 164 g/mol. The Morgan fingerprint density at radius 2 is 1.42 bits per heavy atom. The van der Waals surface area contributed by atoms with E-state index in [0.717, 1.165) is 0 Å². The minimum atomic E-state index is -0.707. The molecule has 5 heteroatoms. The molecule has 12 heavy (non-hydrogen) atoms. The summed E-state index contributed by atoms with van der Waals surface area (Å²) in [6, 6.07) is 1.80. The molecule has 0 radical (unpaired) electrons. The van der Waals surface area contributed by atoms with E-state index in [9.17, 15) is 4.79 Å². The van der Waals surface area contributed by atoms with Crippen molar-refractivity contribution in [2.24, 2.45) is 9.98 Å². The molecule has 0 saturated heterocycles. The average Bonchev–Trinajstić information content (AvgIpc) is 2.41. The number of amides is 2. The Hall–Kier alpha value is -1.91. The van der Waals surface area contributed by atoms with Crippen LogP contribution in [0.15, 0.2) is 22.1 Å². The summed E-state index contributed by atoms with van der Waals surface area (Å²) in [4.78, 5) is 17.4. The van der Waals surface area contributed by atoms with Gasteiger partial charge in [0.1, 0.15) is 22.2 Å². The molecule has 0 spiro atoms. The molecule has 0 atom stereocenters. The predicted molar refractivity (Wildman–Crippen MR) is 37.5 cm³/mol. The van der Waals surface area contributed by atoms with Crippen LogP contribution in [-0.2, 0) is 0 Å². The Bertz CT molecular complexity index is 435. The lowest BCUT2D eigenvalue weighted by Gasteiger charge is -1.90. The first-order valence-corrected chi connectivity index (χ1v) is 3.21. The molecule has 2 amide bonds. The van der Waals surface area contributed by atoms with Crippen LogP contribution in [0.5, 0.6) is 11.5 Å². The Labute approximate surface area is 66.3 Å². The van der Waals surface area contributed by atoms with Crippen LogP contribution in [-0.4, -0.2) is 16.2 Å². The van der Waals surface area contributed by atoms with Crippen molar-refractivity contribution < 1.29 is 15.0 Å². The highest BCUT2D eigenvalue weighted by Gasteiger charge is 2.11. The number of fused-ring (bicyclic) bond motifs is 1. The highest BCUT2D eigenvalue weighted by atomic mass is 16.3. The van der Waals surface area contributed by atoms with E-state index in [-0.39, 0.29) is 22.2 Å². The van der Waals surface area contributed by atoms with Crippen LogP contribution < -0.4 is 10.7 Å². The summed E-state index contributed by atoms with van der Waals surface area (Å²) < 4.78 is 0. The summed E-state index contributed by atoms with van der Waals surface area (Å²) in [5, 5.41) is 18.4. The van der Waals surface area contributed by atoms with E-state index in [1.807, 2.05) is 0 Å². The second kappa shape index (κ2) is 2.04. The largest absolute Gasteiger partial charge is 0.506 e. The third kappa shape index (κ3) is 0.763. The van der Waals surface area contributed by atoms with Gasteiger partial charge in [-0.25, -0.2) is 4.79 Å². The van der Waals surface area contributed by atoms with Gasteiger partial charge in [0, 0.05) is 0 Å². The Kier molecular flexibility index (Phi) is 1.15. The Morgan fingerprint density at radius 3 is 1.83 bits per heavy atom. The maximum absolute atomic E-state index is 10.6. The lowest BCUT2D eigenvalue weighted by molar-refractivity contribution is 0.256. The lowest BCUT2D eigenvalue weighted by atomic mass is 10.3. The van der Waals surface area contributed by atoms with E-state index in [1.165, 1.54) is 12.1 Å². The number of hydrogen-bond acceptors (Lipinski definition) is 3. The molecule has 1 aliphatic heterocycles. The molecule has 1 aliphatic rings. The fraction of sp³-hybridized carbons (Fsp3) is 0. The van der Waals surface area contributed by atoms with Crippen molar-refractivity contribution in [1.29, 1.82) is 0 Å². The maximum atomic E-state index is 10.6. The number of hydrogen-bond donors (Lipinski definition) is 2. The number of phenols is 2. The van der Waals surface area contributed by atoms with Crippen LogP contribution in [0.1, 0.15) is 0 Å². The van der Waals surface area contributed by atoms with Gasteiger partial charge in [-0.05, 0) is 12.1 Å². The van der Waals surface area contributed by atoms with Gasteiger partial charge in [-0.1, -0.05) is 0 Å². The van der Waals surface area contributed by atoms with Crippen LogP contribution in [0.4, 0.5) is 4.79 Å². The van der Waals surface area contributed by atoms with Gasteiger partial charge in [-0.3, -0.25) is 0 Å². The zero-order valence-electron chi connectivity index (χ0n) is 5.85. The second-order valence-corrected chi connectivity index (χ2v) is 2.31. The molecule has 2 N–H and O–H groups in total. The first kappa shape index (κ1) is 6.78. The van der Waals surface area contributed by atoms with Crippen LogP contribution >= 0.6 is 0 Å². The topological polar surface area (TPSA) is 82.2 Å². The molecule has 0 aromatic heterocycles. The molecule has 1 heterocycles. The molecule has 0 fully saturated rings. The zero-order chi connectivity index (χ0) is 8.72. The SMILES string of the molecule is O=C1N=c2c(O)ccc(O)c2=N1. The first-order chi connectivity index (χ1) is 5.68. The number of benzene rings is 1. The third-order valence-electron chi connectivity index (χ3n) is 1.52. The molecule has 60 valence electrons. The van der Waals surface area contributed by atoms with E-state index in [2.05, 4.69) is 9.98 Å². The zero-order valence-corrected chi connectivity index (χ0v) is 5.85. The number of carbonyl (C=O) groups is 1. The molecule has 0 unspecified atom stereocenters. The summed E-state index contributed by atoms with van der Waals surface area (Å²) in [5.74, 6) is -0.310. The normalized spacial score (nSPS) is 13.5. The van der Waals surface area contributed by atoms with Crippen molar-refractivity contribution >= 4 is 6.03 Å². The molecule has 5 nitrogen and oxygen atoms in total. The monoisotopic (exact) mass is 164 g/mol. The predicted octanol–water partition coefficient (Wildman–Crippen LogP) is -0.529. The van der Waals surface area contributed by atoms with Crippen LogP contribution in [0.2, 0.25) is 0 Å². The lowest BCUT2D eigenvalue weighted by Crippen LogP contribution is -2.21. The smallest absolute Gasteiger partial charge is 0.368 e. The van der Waals surface area contributed by atoms with Gasteiger partial charge in [-0.15, -0.1) is 0 Å². The van der Waals surface area contributed by atoms with Gasteiger partial charge >= 0.3 is 6.03 Å². The van der Waals surface area contributed by atoms with Crippen LogP contribution in [0.3, 0.4) is 0 Å². The minimum absolute atomic E-state index is 0.0417. The van der Waals surface area contributed by atoms with E-state index in [4.69, 9.17) is 10.2 Å². The molecule has 0 saturated carbocycles. The second-order valence-electron chi connectivity index (χ2n) is 2.31. The molecule has 1 aromatic rings. The Morgan fingerprint density at radius 1 is 1.00 bits per heavy atom. The fourth-order valence-electron chi connectivity index (χ4n) is 0.995. The van der Waals surface area contributed by atoms with E-state index < -0.39 is 6.03 Å². The third-order valence-corrected chi connectivity index (χ3v) is 1.52. The summed E-state index contributed by atoms with van der Waals surface area (Å²) in [5.41, 5.74) is 0. The van der Waals surface area contributed by atoms with Crippen molar-refractivity contribution in [2.45, 2.75) is 0 Å². The number of urea groups is 1. The molecular formula is C7H4N2O3. The van der Waals surface area contributed by atoms with Gasteiger partial charge in [-0.2, -0.15) is 9.98 Å². The van der Waals surface area contributed by atoms with Gasteiger partial charge in [0.05, 0.1) is 0 Å². The maximum Gasteiger partial charge on any atom is 0.368 e. The number of carbonyl (C=O) groups excluding carboxylic acids is 1. The standard InChI is InChI=1S/C7H4N2O3/c10-3-1-2-4(11)6-5(3)8-7(12)9-6/h1-2,10-11H. The highest BCUT2D eigenvalue weighted by molar-refractivity contribution is 5.78. The summed E-state index contributed by atoms with van der Waals surface area (Å²) in [7, 11) is 0. The number of phenolic OH excluding ortho intramolecular Hbond substituents is 2. The van der Waals surface area contributed by atoms with Crippen molar-refractivity contribution in [3.63, 3.8) is 0 Å². The Balaban J connectivity index is 3.00. The van der Waals surface area contributed by atoms with Crippen LogP contribution in [0.25, 0.3) is 0 Å². The number of nitrogens with zero attached hydrogens (tertiary/aromatic N) is 2. The van der Waals surface area contributed by atoms with Gasteiger partial charge in [0.15, 0.2) is 0 Å². The fourth-order valence-corrected chi connectivity index (χ4v) is 0.995. The first-order valence-electron chi connectivity index (χ1n) is 3.21. The number of aromatic hydroxyl groups is 2. The van der Waals surface area contributed by atoms with E-state index >= 15 is 0 Å². The molecule has 2 rings (SSSR count).